The Morgan fingerprint density at radius 3 is 2.49 bits per heavy atom. The van der Waals surface area contributed by atoms with Gasteiger partial charge in [-0.25, -0.2) is 0 Å². The predicted molar refractivity (Wildman–Crippen MR) is 169 cm³/mol. The Labute approximate surface area is 251 Å². The third-order valence-electron chi connectivity index (χ3n) is 7.89. The Hall–Kier alpha value is -3.29. The zero-order valence-electron chi connectivity index (χ0n) is 24.5. The number of carbonyl (C=O) groups excluding carboxylic acids is 1. The summed E-state index contributed by atoms with van der Waals surface area (Å²) in [4.78, 5) is 31.5. The Morgan fingerprint density at radius 1 is 1.15 bits per heavy atom. The second kappa shape index (κ2) is 13.6. The van der Waals surface area contributed by atoms with Gasteiger partial charge in [-0.1, -0.05) is 50.3 Å². The average molecular weight is 595 g/mol. The SMILES string of the molecule is CCCCn1c(N2CCC(C)CC2)c(C=C2SC(=S)N(CCc3ccc(OC)c(OC)c3)C2=O)c(C)c(C#N)c1=O. The molecule has 41 heavy (non-hydrogen) atoms. The van der Waals surface area contributed by atoms with Crippen molar-refractivity contribution >= 4 is 46.1 Å². The zero-order valence-corrected chi connectivity index (χ0v) is 26.1. The Morgan fingerprint density at radius 2 is 1.85 bits per heavy atom. The molecule has 218 valence electrons. The number of benzene rings is 1. The maximum Gasteiger partial charge on any atom is 0.270 e. The normalized spacial score (nSPS) is 16.9. The fourth-order valence-electron chi connectivity index (χ4n) is 5.33. The molecule has 2 aliphatic heterocycles. The van der Waals surface area contributed by atoms with Gasteiger partial charge >= 0.3 is 0 Å². The summed E-state index contributed by atoms with van der Waals surface area (Å²) in [6.07, 6.45) is 6.24. The van der Waals surface area contributed by atoms with Crippen molar-refractivity contribution < 1.29 is 14.3 Å². The van der Waals surface area contributed by atoms with Crippen LogP contribution in [0.3, 0.4) is 0 Å². The fourth-order valence-corrected chi connectivity index (χ4v) is 6.62. The molecular weight excluding hydrogens is 556 g/mol. The number of thioether (sulfide) groups is 1. The number of nitriles is 1. The predicted octanol–water partition coefficient (Wildman–Crippen LogP) is 5.53. The van der Waals surface area contributed by atoms with Gasteiger partial charge < -0.3 is 14.4 Å². The van der Waals surface area contributed by atoms with Crippen LogP contribution in [0.25, 0.3) is 6.08 Å². The lowest BCUT2D eigenvalue weighted by atomic mass is 9.97. The van der Waals surface area contributed by atoms with Gasteiger partial charge in [0.25, 0.3) is 11.5 Å². The number of thiocarbonyl (C=S) groups is 1. The number of amides is 1. The summed E-state index contributed by atoms with van der Waals surface area (Å²) in [5.41, 5.74) is 2.23. The van der Waals surface area contributed by atoms with E-state index in [-0.39, 0.29) is 17.0 Å². The molecule has 4 rings (SSSR count). The van der Waals surface area contributed by atoms with Crippen LogP contribution in [-0.2, 0) is 17.8 Å². The van der Waals surface area contributed by atoms with Crippen molar-refractivity contribution in [3.63, 3.8) is 0 Å². The van der Waals surface area contributed by atoms with Gasteiger partial charge in [-0.2, -0.15) is 5.26 Å². The number of methoxy groups -OCH3 is 2. The second-order valence-corrected chi connectivity index (χ2v) is 12.3. The molecule has 0 atom stereocenters. The summed E-state index contributed by atoms with van der Waals surface area (Å²) in [6, 6.07) is 7.85. The number of aromatic nitrogens is 1. The molecule has 2 aliphatic rings. The number of anilines is 1. The maximum absolute atomic E-state index is 13.6. The van der Waals surface area contributed by atoms with Gasteiger partial charge in [-0.15, -0.1) is 0 Å². The van der Waals surface area contributed by atoms with E-state index in [9.17, 15) is 14.9 Å². The molecule has 0 saturated carbocycles. The van der Waals surface area contributed by atoms with Gasteiger partial charge in [0.1, 0.15) is 21.8 Å². The van der Waals surface area contributed by atoms with Crippen molar-refractivity contribution in [2.24, 2.45) is 5.92 Å². The number of hydrogen-bond acceptors (Lipinski definition) is 8. The zero-order chi connectivity index (χ0) is 29.7. The molecule has 3 heterocycles. The van der Waals surface area contributed by atoms with E-state index in [4.69, 9.17) is 21.7 Å². The standard InChI is InChI=1S/C31H38N4O4S2/c1-6-7-13-34-28(33-14-10-20(2)11-15-33)23(21(3)24(19-32)29(34)36)18-27-30(37)35(31(40)41-27)16-12-22-8-9-25(38-4)26(17-22)39-5/h8-9,17-18,20H,6-7,10-16H2,1-5H3. The minimum atomic E-state index is -0.258. The topological polar surface area (TPSA) is 87.8 Å². The van der Waals surface area contributed by atoms with Crippen molar-refractivity contribution in [3.05, 3.63) is 55.7 Å². The number of ether oxygens (including phenoxy) is 2. The first-order valence-corrected chi connectivity index (χ1v) is 15.3. The lowest BCUT2D eigenvalue weighted by molar-refractivity contribution is -0.122. The molecule has 0 spiro atoms. The van der Waals surface area contributed by atoms with Crippen molar-refractivity contribution in [2.45, 2.75) is 59.4 Å². The number of carbonyl (C=O) groups is 1. The van der Waals surface area contributed by atoms with E-state index in [0.29, 0.717) is 51.7 Å². The van der Waals surface area contributed by atoms with Crippen LogP contribution < -0.4 is 19.9 Å². The highest BCUT2D eigenvalue weighted by Gasteiger charge is 2.33. The molecule has 0 N–H and O–H groups in total. The first kappa shape index (κ1) is 30.7. The average Bonchev–Trinajstić information content (AvgIpc) is 3.24. The minimum absolute atomic E-state index is 0.130. The maximum atomic E-state index is 13.6. The van der Waals surface area contributed by atoms with E-state index < -0.39 is 0 Å². The van der Waals surface area contributed by atoms with Crippen LogP contribution in [0, 0.1) is 24.2 Å². The molecule has 0 aliphatic carbocycles. The number of rotatable bonds is 10. The van der Waals surface area contributed by atoms with E-state index in [1.807, 2.05) is 31.2 Å². The number of unbranched alkanes of at least 4 members (excludes halogenated alkanes) is 1. The summed E-state index contributed by atoms with van der Waals surface area (Å²) < 4.78 is 13.0. The van der Waals surface area contributed by atoms with E-state index in [1.165, 1.54) is 11.8 Å². The van der Waals surface area contributed by atoms with Crippen molar-refractivity contribution in [1.29, 1.82) is 5.26 Å². The molecule has 2 fully saturated rings. The smallest absolute Gasteiger partial charge is 0.270 e. The van der Waals surface area contributed by atoms with Crippen LogP contribution >= 0.6 is 24.0 Å². The largest absolute Gasteiger partial charge is 0.493 e. The number of hydrogen-bond donors (Lipinski definition) is 0. The Kier molecular flexibility index (Phi) is 10.2. The van der Waals surface area contributed by atoms with Crippen molar-refractivity contribution in [1.82, 2.24) is 9.47 Å². The number of piperidine rings is 1. The molecule has 2 saturated heterocycles. The Balaban J connectivity index is 1.70. The highest BCUT2D eigenvalue weighted by molar-refractivity contribution is 8.26. The molecule has 0 unspecified atom stereocenters. The minimum Gasteiger partial charge on any atom is -0.493 e. The van der Waals surface area contributed by atoms with Crippen molar-refractivity contribution in [3.8, 4) is 17.6 Å². The Bertz CT molecular complexity index is 1450. The molecule has 1 amide bonds. The van der Waals surface area contributed by atoms with E-state index in [1.54, 1.807) is 23.7 Å². The van der Waals surface area contributed by atoms with Crippen LogP contribution in [-0.4, -0.2) is 53.5 Å². The van der Waals surface area contributed by atoms with Gasteiger partial charge in [0, 0.05) is 31.7 Å². The number of nitrogens with zero attached hydrogens (tertiary/aromatic N) is 4. The first-order valence-electron chi connectivity index (χ1n) is 14.1. The van der Waals surface area contributed by atoms with Crippen LogP contribution in [0.1, 0.15) is 61.8 Å². The van der Waals surface area contributed by atoms with Gasteiger partial charge in [-0.3, -0.25) is 19.1 Å². The molecule has 1 aromatic heterocycles. The van der Waals surface area contributed by atoms with Crippen LogP contribution in [0.2, 0.25) is 0 Å². The summed E-state index contributed by atoms with van der Waals surface area (Å²) in [5, 5.41) is 9.94. The summed E-state index contributed by atoms with van der Waals surface area (Å²) in [6.45, 7) is 8.74. The molecule has 2 aromatic rings. The van der Waals surface area contributed by atoms with Crippen LogP contribution in [0.5, 0.6) is 11.5 Å². The lowest BCUT2D eigenvalue weighted by Gasteiger charge is -2.35. The highest BCUT2D eigenvalue weighted by Crippen LogP contribution is 2.37. The monoisotopic (exact) mass is 594 g/mol. The van der Waals surface area contributed by atoms with Gasteiger partial charge in [0.05, 0.1) is 19.1 Å². The lowest BCUT2D eigenvalue weighted by Crippen LogP contribution is -2.39. The van der Waals surface area contributed by atoms with E-state index in [0.717, 1.165) is 55.7 Å². The van der Waals surface area contributed by atoms with Crippen LogP contribution in [0.4, 0.5) is 5.82 Å². The van der Waals surface area contributed by atoms with Gasteiger partial charge in [0.2, 0.25) is 0 Å². The quantitative estimate of drug-likeness (QED) is 0.262. The molecule has 0 radical (unpaired) electrons. The van der Waals surface area contributed by atoms with Gasteiger partial charge in [-0.05, 0) is 67.9 Å². The molecule has 1 aromatic carbocycles. The summed E-state index contributed by atoms with van der Waals surface area (Å²) in [5.74, 6) is 2.55. The molecule has 8 nitrogen and oxygen atoms in total. The molecule has 0 bridgehead atoms. The number of pyridine rings is 1. The third-order valence-corrected chi connectivity index (χ3v) is 9.26. The first-order chi connectivity index (χ1) is 19.7. The van der Waals surface area contributed by atoms with E-state index >= 15 is 0 Å². The van der Waals surface area contributed by atoms with Gasteiger partial charge in [0.15, 0.2) is 11.5 Å². The van der Waals surface area contributed by atoms with Crippen LogP contribution in [0.15, 0.2) is 27.9 Å². The van der Waals surface area contributed by atoms with Crippen molar-refractivity contribution in [2.75, 3.05) is 38.8 Å². The summed E-state index contributed by atoms with van der Waals surface area (Å²) in [7, 11) is 3.19. The fraction of sp³-hybridized carbons (Fsp3) is 0.484. The molecule has 10 heteroatoms. The third kappa shape index (κ3) is 6.47. The molecular formula is C31H38N4O4S2. The highest BCUT2D eigenvalue weighted by atomic mass is 32.2. The van der Waals surface area contributed by atoms with E-state index in [2.05, 4.69) is 24.8 Å². The summed E-state index contributed by atoms with van der Waals surface area (Å²) >= 11 is 6.90. The second-order valence-electron chi connectivity index (χ2n) is 10.6.